The zero-order chi connectivity index (χ0) is 11.4. The van der Waals surface area contributed by atoms with Crippen LogP contribution in [-0.4, -0.2) is 28.3 Å². The van der Waals surface area contributed by atoms with Crippen molar-refractivity contribution in [2.24, 2.45) is 0 Å². The fourth-order valence-corrected chi connectivity index (χ4v) is 1.98. The summed E-state index contributed by atoms with van der Waals surface area (Å²) in [5, 5.41) is 3.50. The molecule has 4 heteroatoms. The van der Waals surface area contributed by atoms with Crippen molar-refractivity contribution in [1.82, 2.24) is 9.55 Å². The average molecular weight is 223 g/mol. The Labute approximate surface area is 97.0 Å². The van der Waals surface area contributed by atoms with Crippen LogP contribution in [-0.2, 0) is 11.3 Å². The van der Waals surface area contributed by atoms with Crippen LogP contribution in [0.4, 0.5) is 5.95 Å². The second-order valence-electron chi connectivity index (χ2n) is 4.79. The van der Waals surface area contributed by atoms with E-state index < -0.39 is 0 Å². The first-order valence-electron chi connectivity index (χ1n) is 6.10. The highest BCUT2D eigenvalue weighted by molar-refractivity contribution is 5.31. The van der Waals surface area contributed by atoms with Crippen molar-refractivity contribution in [1.29, 1.82) is 0 Å². The van der Waals surface area contributed by atoms with E-state index in [4.69, 9.17) is 4.74 Å². The predicted molar refractivity (Wildman–Crippen MR) is 64.6 cm³/mol. The molecule has 1 atom stereocenters. The number of aromatic nitrogens is 2. The largest absolute Gasteiger partial charge is 0.379 e. The van der Waals surface area contributed by atoms with Crippen molar-refractivity contribution < 1.29 is 4.74 Å². The third-order valence-electron chi connectivity index (χ3n) is 3.10. The van der Waals surface area contributed by atoms with Crippen LogP contribution in [0, 0.1) is 0 Å². The van der Waals surface area contributed by atoms with Gasteiger partial charge in [-0.15, -0.1) is 0 Å². The number of nitrogens with zero attached hydrogens (tertiary/aromatic N) is 2. The normalized spacial score (nSPS) is 24.9. The van der Waals surface area contributed by atoms with Gasteiger partial charge in [0, 0.05) is 25.5 Å². The zero-order valence-electron chi connectivity index (χ0n) is 10.2. The molecule has 0 radical (unpaired) electrons. The molecule has 1 aliphatic rings. The summed E-state index contributed by atoms with van der Waals surface area (Å²) < 4.78 is 7.62. The molecule has 0 saturated carbocycles. The number of imidazole rings is 1. The molecule has 0 spiro atoms. The van der Waals surface area contributed by atoms with Crippen LogP contribution >= 0.6 is 0 Å². The maximum atomic E-state index is 5.43. The minimum atomic E-state index is 0.0509. The third kappa shape index (κ3) is 2.55. The Morgan fingerprint density at radius 1 is 1.62 bits per heavy atom. The van der Waals surface area contributed by atoms with E-state index in [-0.39, 0.29) is 5.54 Å². The van der Waals surface area contributed by atoms with E-state index >= 15 is 0 Å². The topological polar surface area (TPSA) is 39.1 Å². The van der Waals surface area contributed by atoms with Gasteiger partial charge in [-0.25, -0.2) is 4.98 Å². The molecular formula is C12H21N3O. The highest BCUT2D eigenvalue weighted by Crippen LogP contribution is 2.22. The summed E-state index contributed by atoms with van der Waals surface area (Å²) in [5.74, 6) is 0.974. The first kappa shape index (κ1) is 11.5. The van der Waals surface area contributed by atoms with E-state index in [1.165, 1.54) is 12.8 Å². The maximum absolute atomic E-state index is 5.43. The molecule has 1 aromatic heterocycles. The van der Waals surface area contributed by atoms with Gasteiger partial charge in [0.05, 0.1) is 12.1 Å². The SMILES string of the molecule is CCCCn1ccnc1NC1(C)CCOC1. The van der Waals surface area contributed by atoms with Crippen LogP contribution in [0.1, 0.15) is 33.1 Å². The van der Waals surface area contributed by atoms with Gasteiger partial charge in [0.15, 0.2) is 0 Å². The molecule has 2 rings (SSSR count). The molecule has 1 aliphatic heterocycles. The Bertz CT molecular complexity index is 329. The monoisotopic (exact) mass is 223 g/mol. The van der Waals surface area contributed by atoms with Crippen LogP contribution < -0.4 is 5.32 Å². The number of ether oxygens (including phenoxy) is 1. The van der Waals surface area contributed by atoms with E-state index in [1.807, 2.05) is 12.4 Å². The first-order valence-corrected chi connectivity index (χ1v) is 6.10. The molecule has 1 fully saturated rings. The van der Waals surface area contributed by atoms with E-state index in [9.17, 15) is 0 Å². The van der Waals surface area contributed by atoms with Gasteiger partial charge in [-0.2, -0.15) is 0 Å². The summed E-state index contributed by atoms with van der Waals surface area (Å²) in [5.41, 5.74) is 0.0509. The second kappa shape index (κ2) is 4.87. The van der Waals surface area contributed by atoms with Crippen LogP contribution in [0.25, 0.3) is 0 Å². The summed E-state index contributed by atoms with van der Waals surface area (Å²) >= 11 is 0. The smallest absolute Gasteiger partial charge is 0.203 e. The van der Waals surface area contributed by atoms with Crippen molar-refractivity contribution >= 4 is 5.95 Å². The number of rotatable bonds is 5. The molecule has 90 valence electrons. The van der Waals surface area contributed by atoms with E-state index in [2.05, 4.69) is 28.7 Å². The van der Waals surface area contributed by atoms with Gasteiger partial charge in [0.25, 0.3) is 0 Å². The third-order valence-corrected chi connectivity index (χ3v) is 3.10. The average Bonchev–Trinajstić information content (AvgIpc) is 2.86. The Balaban J connectivity index is 2.00. The van der Waals surface area contributed by atoms with Crippen LogP contribution in [0.15, 0.2) is 12.4 Å². The molecule has 0 amide bonds. The van der Waals surface area contributed by atoms with Crippen molar-refractivity contribution in [3.05, 3.63) is 12.4 Å². The number of anilines is 1. The van der Waals surface area contributed by atoms with Gasteiger partial charge >= 0.3 is 0 Å². The summed E-state index contributed by atoms with van der Waals surface area (Å²) in [4.78, 5) is 4.37. The second-order valence-corrected chi connectivity index (χ2v) is 4.79. The molecule has 1 saturated heterocycles. The molecule has 16 heavy (non-hydrogen) atoms. The molecular weight excluding hydrogens is 202 g/mol. The van der Waals surface area contributed by atoms with Crippen LogP contribution in [0.5, 0.6) is 0 Å². The number of unbranched alkanes of at least 4 members (excludes halogenated alkanes) is 1. The van der Waals surface area contributed by atoms with E-state index in [0.29, 0.717) is 0 Å². The van der Waals surface area contributed by atoms with Crippen molar-refractivity contribution in [3.8, 4) is 0 Å². The summed E-state index contributed by atoms with van der Waals surface area (Å²) in [6.45, 7) is 7.05. The molecule has 1 N–H and O–H groups in total. The minimum Gasteiger partial charge on any atom is -0.379 e. The minimum absolute atomic E-state index is 0.0509. The van der Waals surface area contributed by atoms with Crippen molar-refractivity contribution in [2.45, 2.75) is 45.2 Å². The number of aryl methyl sites for hydroxylation is 1. The lowest BCUT2D eigenvalue weighted by molar-refractivity contribution is 0.185. The lowest BCUT2D eigenvalue weighted by atomic mass is 10.0. The number of nitrogens with one attached hydrogen (secondary N) is 1. The van der Waals surface area contributed by atoms with Crippen LogP contribution in [0.2, 0.25) is 0 Å². The standard InChI is InChI=1S/C12H21N3O/c1-3-4-7-15-8-6-13-11(15)14-12(2)5-9-16-10-12/h6,8H,3-5,7,9-10H2,1-2H3,(H,13,14). The Morgan fingerprint density at radius 3 is 3.19 bits per heavy atom. The molecule has 2 heterocycles. The highest BCUT2D eigenvalue weighted by Gasteiger charge is 2.30. The van der Waals surface area contributed by atoms with Crippen molar-refractivity contribution in [3.63, 3.8) is 0 Å². The fourth-order valence-electron chi connectivity index (χ4n) is 1.98. The Hall–Kier alpha value is -1.03. The van der Waals surface area contributed by atoms with Gasteiger partial charge in [-0.1, -0.05) is 13.3 Å². The van der Waals surface area contributed by atoms with Crippen molar-refractivity contribution in [2.75, 3.05) is 18.5 Å². The van der Waals surface area contributed by atoms with E-state index in [0.717, 1.165) is 32.1 Å². The molecule has 4 nitrogen and oxygen atoms in total. The molecule has 0 aromatic carbocycles. The molecule has 0 bridgehead atoms. The maximum Gasteiger partial charge on any atom is 0.203 e. The summed E-state index contributed by atoms with van der Waals surface area (Å²) in [6, 6.07) is 0. The quantitative estimate of drug-likeness (QED) is 0.832. The Kier molecular flexibility index (Phi) is 3.49. The predicted octanol–water partition coefficient (Wildman–Crippen LogP) is 2.27. The lowest BCUT2D eigenvalue weighted by Crippen LogP contribution is -2.36. The highest BCUT2D eigenvalue weighted by atomic mass is 16.5. The molecule has 0 aliphatic carbocycles. The van der Waals surface area contributed by atoms with Gasteiger partial charge in [0.2, 0.25) is 5.95 Å². The number of hydrogen-bond donors (Lipinski definition) is 1. The van der Waals surface area contributed by atoms with Gasteiger partial charge in [-0.05, 0) is 19.8 Å². The molecule has 1 aromatic rings. The van der Waals surface area contributed by atoms with E-state index in [1.54, 1.807) is 0 Å². The summed E-state index contributed by atoms with van der Waals surface area (Å²) in [6.07, 6.45) is 7.35. The molecule has 1 unspecified atom stereocenters. The summed E-state index contributed by atoms with van der Waals surface area (Å²) in [7, 11) is 0. The van der Waals surface area contributed by atoms with Crippen LogP contribution in [0.3, 0.4) is 0 Å². The first-order chi connectivity index (χ1) is 7.73. The Morgan fingerprint density at radius 2 is 2.50 bits per heavy atom. The van der Waals surface area contributed by atoms with Gasteiger partial charge in [-0.3, -0.25) is 0 Å². The lowest BCUT2D eigenvalue weighted by Gasteiger charge is -2.24. The zero-order valence-corrected chi connectivity index (χ0v) is 10.2. The fraction of sp³-hybridized carbons (Fsp3) is 0.750. The van der Waals surface area contributed by atoms with Gasteiger partial charge in [0.1, 0.15) is 0 Å². The number of hydrogen-bond acceptors (Lipinski definition) is 3. The van der Waals surface area contributed by atoms with Gasteiger partial charge < -0.3 is 14.6 Å².